The van der Waals surface area contributed by atoms with Crippen LogP contribution in [-0.4, -0.2) is 42.1 Å². The molecule has 5 nitrogen and oxygen atoms in total. The molecule has 1 aromatic heterocycles. The fourth-order valence-electron chi connectivity index (χ4n) is 3.23. The minimum atomic E-state index is -0.0517. The Morgan fingerprint density at radius 1 is 1.11 bits per heavy atom. The van der Waals surface area contributed by atoms with E-state index < -0.39 is 0 Å². The number of rotatable bonds is 6. The van der Waals surface area contributed by atoms with Crippen LogP contribution in [-0.2, 0) is 22.5 Å². The Labute approximate surface area is 169 Å². The molecule has 2 aromatic carbocycles. The summed E-state index contributed by atoms with van der Waals surface area (Å²) in [4.78, 5) is 19.3. The Bertz CT molecular complexity index is 920. The average Bonchev–Trinajstić information content (AvgIpc) is 3.18. The first kappa shape index (κ1) is 18.8. The van der Waals surface area contributed by atoms with Crippen LogP contribution in [0, 0.1) is 0 Å². The van der Waals surface area contributed by atoms with Gasteiger partial charge in [-0.05, 0) is 23.8 Å². The number of hydrogen-bond donors (Lipinski definition) is 1. The molecule has 0 bridgehead atoms. The highest BCUT2D eigenvalue weighted by Gasteiger charge is 2.13. The van der Waals surface area contributed by atoms with Crippen molar-refractivity contribution in [2.45, 2.75) is 13.0 Å². The Balaban J connectivity index is 1.39. The van der Waals surface area contributed by atoms with Gasteiger partial charge in [-0.2, -0.15) is 0 Å². The topological polar surface area (TPSA) is 54.5 Å². The summed E-state index contributed by atoms with van der Waals surface area (Å²) in [5.41, 5.74) is 3.98. The van der Waals surface area contributed by atoms with E-state index in [2.05, 4.69) is 39.5 Å². The largest absolute Gasteiger partial charge is 0.379 e. The second kappa shape index (κ2) is 9.10. The first-order valence-corrected chi connectivity index (χ1v) is 10.3. The number of anilines is 1. The van der Waals surface area contributed by atoms with Gasteiger partial charge in [0.05, 0.1) is 25.3 Å². The number of nitrogens with zero attached hydrogens (tertiary/aromatic N) is 2. The molecule has 28 heavy (non-hydrogen) atoms. The van der Waals surface area contributed by atoms with Crippen molar-refractivity contribution in [3.05, 3.63) is 71.2 Å². The maximum absolute atomic E-state index is 12.2. The van der Waals surface area contributed by atoms with Gasteiger partial charge in [0.1, 0.15) is 5.01 Å². The summed E-state index contributed by atoms with van der Waals surface area (Å²) in [6, 6.07) is 18.0. The highest BCUT2D eigenvalue weighted by molar-refractivity contribution is 7.13. The molecule has 6 heteroatoms. The molecule has 0 aliphatic carbocycles. The Morgan fingerprint density at radius 3 is 2.75 bits per heavy atom. The Kier molecular flexibility index (Phi) is 6.11. The lowest BCUT2D eigenvalue weighted by Gasteiger charge is -2.26. The smallest absolute Gasteiger partial charge is 0.230 e. The number of nitrogens with one attached hydrogen (secondary N) is 1. The third-order valence-corrected chi connectivity index (χ3v) is 5.57. The molecule has 3 aromatic rings. The third kappa shape index (κ3) is 5.04. The van der Waals surface area contributed by atoms with Crippen molar-refractivity contribution in [3.63, 3.8) is 0 Å². The molecule has 1 amide bonds. The summed E-state index contributed by atoms with van der Waals surface area (Å²) in [7, 11) is 0. The Morgan fingerprint density at radius 2 is 1.93 bits per heavy atom. The van der Waals surface area contributed by atoms with E-state index in [9.17, 15) is 4.79 Å². The quantitative estimate of drug-likeness (QED) is 0.692. The van der Waals surface area contributed by atoms with Crippen LogP contribution < -0.4 is 5.32 Å². The average molecular weight is 394 g/mol. The lowest BCUT2D eigenvalue weighted by molar-refractivity contribution is -0.115. The molecule has 0 unspecified atom stereocenters. The van der Waals surface area contributed by atoms with Gasteiger partial charge in [-0.25, -0.2) is 4.98 Å². The Hall–Kier alpha value is -2.54. The van der Waals surface area contributed by atoms with Gasteiger partial charge in [0.2, 0.25) is 5.91 Å². The number of benzene rings is 2. The monoisotopic (exact) mass is 393 g/mol. The van der Waals surface area contributed by atoms with Gasteiger partial charge in [-0.15, -0.1) is 11.3 Å². The van der Waals surface area contributed by atoms with E-state index in [4.69, 9.17) is 4.74 Å². The van der Waals surface area contributed by atoms with Crippen LogP contribution in [0.3, 0.4) is 0 Å². The van der Waals surface area contributed by atoms with Gasteiger partial charge in [-0.1, -0.05) is 36.4 Å². The number of carbonyl (C=O) groups excluding carboxylic acids is 1. The van der Waals surface area contributed by atoms with E-state index in [0.29, 0.717) is 0 Å². The van der Waals surface area contributed by atoms with Gasteiger partial charge in [0.25, 0.3) is 0 Å². The fourth-order valence-corrected chi connectivity index (χ4v) is 4.05. The van der Waals surface area contributed by atoms with Crippen LogP contribution in [0.1, 0.15) is 11.3 Å². The highest BCUT2D eigenvalue weighted by Crippen LogP contribution is 2.25. The zero-order valence-corrected chi connectivity index (χ0v) is 16.5. The molecule has 0 radical (unpaired) electrons. The van der Waals surface area contributed by atoms with Crippen molar-refractivity contribution in [2.75, 3.05) is 31.6 Å². The fraction of sp³-hybridized carbons (Fsp3) is 0.273. The van der Waals surface area contributed by atoms with Gasteiger partial charge in [0, 0.05) is 36.3 Å². The maximum atomic E-state index is 12.2. The number of ether oxygens (including phenoxy) is 1. The highest BCUT2D eigenvalue weighted by atomic mass is 32.1. The van der Waals surface area contributed by atoms with Crippen LogP contribution in [0.15, 0.2) is 60.0 Å². The molecule has 1 saturated heterocycles. The second-order valence-corrected chi connectivity index (χ2v) is 7.68. The van der Waals surface area contributed by atoms with Crippen LogP contribution in [0.5, 0.6) is 0 Å². The second-order valence-electron chi connectivity index (χ2n) is 6.82. The molecule has 0 atom stereocenters. The number of carbonyl (C=O) groups is 1. The molecular weight excluding hydrogens is 370 g/mol. The molecule has 0 spiro atoms. The van der Waals surface area contributed by atoms with Crippen LogP contribution in [0.2, 0.25) is 0 Å². The van der Waals surface area contributed by atoms with Crippen LogP contribution in [0.25, 0.3) is 10.6 Å². The number of thiazole rings is 1. The number of morpholine rings is 1. The lowest BCUT2D eigenvalue weighted by Crippen LogP contribution is -2.35. The molecule has 1 N–H and O–H groups in total. The SMILES string of the molecule is O=C(Cc1csc(-c2cccc(CN3CCOCC3)c2)n1)Nc1ccccc1. The van der Waals surface area contributed by atoms with Gasteiger partial charge in [0.15, 0.2) is 0 Å². The van der Waals surface area contributed by atoms with E-state index in [0.717, 1.165) is 54.8 Å². The predicted molar refractivity (Wildman–Crippen MR) is 112 cm³/mol. The standard InChI is InChI=1S/C22H23N3O2S/c26-21(23-19-7-2-1-3-8-19)14-20-16-28-22(24-20)18-6-4-5-17(13-18)15-25-9-11-27-12-10-25/h1-8,13,16H,9-12,14-15H2,(H,23,26). The molecular formula is C22H23N3O2S. The number of para-hydroxylation sites is 1. The van der Waals surface area contributed by atoms with Crippen molar-refractivity contribution in [2.24, 2.45) is 0 Å². The van der Waals surface area contributed by atoms with Gasteiger partial charge in [-0.3, -0.25) is 9.69 Å². The molecule has 1 fully saturated rings. The minimum Gasteiger partial charge on any atom is -0.379 e. The van der Waals surface area contributed by atoms with Crippen molar-refractivity contribution in [1.82, 2.24) is 9.88 Å². The lowest BCUT2D eigenvalue weighted by atomic mass is 10.1. The summed E-state index contributed by atoms with van der Waals surface area (Å²) in [6.45, 7) is 4.49. The zero-order chi connectivity index (χ0) is 19.2. The number of amides is 1. The number of hydrogen-bond acceptors (Lipinski definition) is 5. The summed E-state index contributed by atoms with van der Waals surface area (Å²) in [6.07, 6.45) is 0.277. The first-order chi connectivity index (χ1) is 13.8. The van der Waals surface area contributed by atoms with Crippen molar-refractivity contribution >= 4 is 22.9 Å². The van der Waals surface area contributed by atoms with E-state index in [1.807, 2.05) is 35.7 Å². The third-order valence-electron chi connectivity index (χ3n) is 4.63. The molecule has 144 valence electrons. The molecule has 4 rings (SSSR count). The molecule has 1 aliphatic rings. The zero-order valence-electron chi connectivity index (χ0n) is 15.6. The van der Waals surface area contributed by atoms with Crippen molar-refractivity contribution in [1.29, 1.82) is 0 Å². The molecule has 0 saturated carbocycles. The normalized spacial score (nSPS) is 14.7. The molecule has 2 heterocycles. The maximum Gasteiger partial charge on any atom is 0.230 e. The van der Waals surface area contributed by atoms with Crippen molar-refractivity contribution < 1.29 is 9.53 Å². The summed E-state index contributed by atoms with van der Waals surface area (Å²) in [5.74, 6) is -0.0517. The van der Waals surface area contributed by atoms with Crippen LogP contribution in [0.4, 0.5) is 5.69 Å². The van der Waals surface area contributed by atoms with E-state index in [1.54, 1.807) is 11.3 Å². The predicted octanol–water partition coefficient (Wildman–Crippen LogP) is 3.82. The first-order valence-electron chi connectivity index (χ1n) is 9.45. The van der Waals surface area contributed by atoms with E-state index in [1.165, 1.54) is 5.56 Å². The van der Waals surface area contributed by atoms with E-state index in [-0.39, 0.29) is 12.3 Å². The van der Waals surface area contributed by atoms with Gasteiger partial charge >= 0.3 is 0 Å². The minimum absolute atomic E-state index is 0.0517. The van der Waals surface area contributed by atoms with Crippen molar-refractivity contribution in [3.8, 4) is 10.6 Å². The number of aromatic nitrogens is 1. The summed E-state index contributed by atoms with van der Waals surface area (Å²) in [5, 5.41) is 5.82. The van der Waals surface area contributed by atoms with Crippen LogP contribution >= 0.6 is 11.3 Å². The summed E-state index contributed by atoms with van der Waals surface area (Å²) < 4.78 is 5.42. The van der Waals surface area contributed by atoms with Gasteiger partial charge < -0.3 is 10.1 Å². The molecule has 1 aliphatic heterocycles. The summed E-state index contributed by atoms with van der Waals surface area (Å²) >= 11 is 1.58. The van der Waals surface area contributed by atoms with E-state index >= 15 is 0 Å².